The van der Waals surface area contributed by atoms with E-state index in [-0.39, 0.29) is 18.1 Å². The summed E-state index contributed by atoms with van der Waals surface area (Å²) in [7, 11) is 0. The summed E-state index contributed by atoms with van der Waals surface area (Å²) in [6.07, 6.45) is 5.08. The lowest BCUT2D eigenvalue weighted by Crippen LogP contribution is -2.46. The number of benzene rings is 1. The monoisotopic (exact) mass is 333 g/mol. The number of carbonyl (C=O) groups excluding carboxylic acids is 1. The molecule has 5 heteroatoms. The van der Waals surface area contributed by atoms with Gasteiger partial charge in [0, 0.05) is 30.5 Å². The number of pyridine rings is 2. The van der Waals surface area contributed by atoms with Gasteiger partial charge in [0.2, 0.25) is 0 Å². The van der Waals surface area contributed by atoms with Gasteiger partial charge in [-0.2, -0.15) is 0 Å². The topological polar surface area (TPSA) is 55.3 Å². The zero-order chi connectivity index (χ0) is 17.2. The van der Waals surface area contributed by atoms with Crippen molar-refractivity contribution in [3.8, 4) is 0 Å². The Bertz CT molecular complexity index is 892. The Morgan fingerprint density at radius 2 is 2.00 bits per heavy atom. The number of amides is 1. The van der Waals surface area contributed by atoms with Gasteiger partial charge in [-0.3, -0.25) is 14.8 Å². The Kier molecular flexibility index (Phi) is 4.15. The Morgan fingerprint density at radius 3 is 2.84 bits per heavy atom. The lowest BCUT2D eigenvalue weighted by Gasteiger charge is -2.39. The van der Waals surface area contributed by atoms with E-state index in [1.165, 1.54) is 0 Å². The molecule has 1 aliphatic rings. The largest absolute Gasteiger partial charge is 0.374 e. The number of carbonyl (C=O) groups is 1. The smallest absolute Gasteiger partial charge is 0.255 e. The standard InChI is InChI=1S/C20H19N3O2/c1-14-12-23(19(13-25-14)15-5-3-2-4-6-15)20(24)16-7-10-22-18-8-9-21-11-17(16)18/h2-11,14,19H,12-13H2,1H3. The van der Waals surface area contributed by atoms with Crippen molar-refractivity contribution in [3.63, 3.8) is 0 Å². The molecular formula is C20H19N3O2. The van der Waals surface area contributed by atoms with Gasteiger partial charge in [0.25, 0.3) is 5.91 Å². The molecule has 3 heterocycles. The molecular weight excluding hydrogens is 314 g/mol. The van der Waals surface area contributed by atoms with Crippen molar-refractivity contribution >= 4 is 16.8 Å². The number of hydrogen-bond acceptors (Lipinski definition) is 4. The predicted octanol–water partition coefficient (Wildman–Crippen LogP) is 3.23. The molecule has 5 nitrogen and oxygen atoms in total. The van der Waals surface area contributed by atoms with Gasteiger partial charge in [-0.25, -0.2) is 0 Å². The van der Waals surface area contributed by atoms with Crippen LogP contribution in [0.3, 0.4) is 0 Å². The van der Waals surface area contributed by atoms with Crippen LogP contribution in [0.4, 0.5) is 0 Å². The van der Waals surface area contributed by atoms with Gasteiger partial charge in [-0.05, 0) is 24.6 Å². The minimum absolute atomic E-state index is 0.00939. The van der Waals surface area contributed by atoms with Crippen molar-refractivity contribution in [2.75, 3.05) is 13.2 Å². The highest BCUT2D eigenvalue weighted by Crippen LogP contribution is 2.29. The highest BCUT2D eigenvalue weighted by molar-refractivity contribution is 6.05. The molecule has 0 spiro atoms. The Balaban J connectivity index is 1.75. The molecule has 2 atom stereocenters. The van der Waals surface area contributed by atoms with E-state index < -0.39 is 0 Å². The number of nitrogens with zero attached hydrogens (tertiary/aromatic N) is 3. The molecule has 0 saturated carbocycles. The van der Waals surface area contributed by atoms with Gasteiger partial charge in [0.05, 0.1) is 29.8 Å². The van der Waals surface area contributed by atoms with Crippen molar-refractivity contribution in [2.24, 2.45) is 0 Å². The van der Waals surface area contributed by atoms with Crippen LogP contribution in [0.15, 0.2) is 61.1 Å². The lowest BCUT2D eigenvalue weighted by molar-refractivity contribution is -0.0447. The highest BCUT2D eigenvalue weighted by atomic mass is 16.5. The highest BCUT2D eigenvalue weighted by Gasteiger charge is 2.32. The van der Waals surface area contributed by atoms with Crippen LogP contribution in [0.2, 0.25) is 0 Å². The fourth-order valence-electron chi connectivity index (χ4n) is 3.31. The normalized spacial score (nSPS) is 20.6. The number of aromatic nitrogens is 2. The second-order valence-electron chi connectivity index (χ2n) is 6.28. The molecule has 1 fully saturated rings. The number of rotatable bonds is 2. The molecule has 0 bridgehead atoms. The summed E-state index contributed by atoms with van der Waals surface area (Å²) >= 11 is 0. The molecule has 25 heavy (non-hydrogen) atoms. The maximum absolute atomic E-state index is 13.4. The maximum Gasteiger partial charge on any atom is 0.255 e. The molecule has 1 aliphatic heterocycles. The van der Waals surface area contributed by atoms with E-state index in [1.54, 1.807) is 24.7 Å². The van der Waals surface area contributed by atoms with Gasteiger partial charge in [0.1, 0.15) is 0 Å². The Labute approximate surface area is 146 Å². The summed E-state index contributed by atoms with van der Waals surface area (Å²) in [4.78, 5) is 23.7. The van der Waals surface area contributed by atoms with Crippen LogP contribution < -0.4 is 0 Å². The van der Waals surface area contributed by atoms with E-state index in [2.05, 4.69) is 9.97 Å². The third-order valence-corrected chi connectivity index (χ3v) is 4.59. The second-order valence-corrected chi connectivity index (χ2v) is 6.28. The van der Waals surface area contributed by atoms with Crippen LogP contribution in [-0.2, 0) is 4.74 Å². The minimum Gasteiger partial charge on any atom is -0.374 e. The van der Waals surface area contributed by atoms with Crippen LogP contribution in [0.25, 0.3) is 10.9 Å². The fourth-order valence-corrected chi connectivity index (χ4v) is 3.31. The van der Waals surface area contributed by atoms with Gasteiger partial charge >= 0.3 is 0 Å². The summed E-state index contributed by atoms with van der Waals surface area (Å²) in [6.45, 7) is 3.05. The van der Waals surface area contributed by atoms with Crippen LogP contribution >= 0.6 is 0 Å². The minimum atomic E-state index is -0.0928. The fraction of sp³-hybridized carbons (Fsp3) is 0.250. The first-order chi connectivity index (χ1) is 12.2. The van der Waals surface area contributed by atoms with E-state index in [0.717, 1.165) is 16.5 Å². The Morgan fingerprint density at radius 1 is 1.16 bits per heavy atom. The number of fused-ring (bicyclic) bond motifs is 1. The molecule has 0 aliphatic carbocycles. The van der Waals surface area contributed by atoms with Crippen molar-refractivity contribution in [1.29, 1.82) is 0 Å². The number of hydrogen-bond donors (Lipinski definition) is 0. The van der Waals surface area contributed by atoms with E-state index >= 15 is 0 Å². The second kappa shape index (κ2) is 6.61. The van der Waals surface area contributed by atoms with Crippen molar-refractivity contribution in [2.45, 2.75) is 19.1 Å². The van der Waals surface area contributed by atoms with Crippen LogP contribution in [0.1, 0.15) is 28.9 Å². The third kappa shape index (κ3) is 2.98. The molecule has 4 rings (SSSR count). The molecule has 0 radical (unpaired) electrons. The van der Waals surface area contributed by atoms with Crippen LogP contribution in [-0.4, -0.2) is 40.0 Å². The van der Waals surface area contributed by atoms with Crippen molar-refractivity contribution in [3.05, 3.63) is 72.2 Å². The molecule has 126 valence electrons. The van der Waals surface area contributed by atoms with Crippen LogP contribution in [0, 0.1) is 0 Å². The first-order valence-corrected chi connectivity index (χ1v) is 8.40. The first-order valence-electron chi connectivity index (χ1n) is 8.40. The summed E-state index contributed by atoms with van der Waals surface area (Å²) in [5, 5.41) is 0.779. The molecule has 2 aromatic heterocycles. The van der Waals surface area contributed by atoms with Crippen molar-refractivity contribution in [1.82, 2.24) is 14.9 Å². The van der Waals surface area contributed by atoms with Crippen LogP contribution in [0.5, 0.6) is 0 Å². The first kappa shape index (κ1) is 15.7. The SMILES string of the molecule is CC1CN(C(=O)c2ccnc3ccncc23)C(c2ccccc2)CO1. The van der Waals surface area contributed by atoms with Gasteiger partial charge in [-0.1, -0.05) is 30.3 Å². The molecule has 1 amide bonds. The molecule has 2 unspecified atom stereocenters. The lowest BCUT2D eigenvalue weighted by atomic mass is 10.0. The van der Waals surface area contributed by atoms with E-state index in [0.29, 0.717) is 18.7 Å². The van der Waals surface area contributed by atoms with E-state index in [1.807, 2.05) is 48.2 Å². The van der Waals surface area contributed by atoms with Gasteiger partial charge < -0.3 is 9.64 Å². The van der Waals surface area contributed by atoms with Gasteiger partial charge in [-0.15, -0.1) is 0 Å². The summed E-state index contributed by atoms with van der Waals surface area (Å²) in [6, 6.07) is 13.5. The molecule has 1 saturated heterocycles. The third-order valence-electron chi connectivity index (χ3n) is 4.59. The average molecular weight is 333 g/mol. The maximum atomic E-state index is 13.4. The number of morpholine rings is 1. The molecule has 1 aromatic carbocycles. The zero-order valence-corrected chi connectivity index (χ0v) is 14.0. The van der Waals surface area contributed by atoms with E-state index in [9.17, 15) is 4.79 Å². The Hall–Kier alpha value is -2.79. The average Bonchev–Trinajstić information content (AvgIpc) is 2.67. The zero-order valence-electron chi connectivity index (χ0n) is 14.0. The molecule has 0 N–H and O–H groups in total. The summed E-state index contributed by atoms with van der Waals surface area (Å²) in [5.74, 6) is -0.00981. The quantitative estimate of drug-likeness (QED) is 0.722. The van der Waals surface area contributed by atoms with E-state index in [4.69, 9.17) is 4.74 Å². The van der Waals surface area contributed by atoms with Gasteiger partial charge in [0.15, 0.2) is 0 Å². The van der Waals surface area contributed by atoms with Crippen molar-refractivity contribution < 1.29 is 9.53 Å². The summed E-state index contributed by atoms with van der Waals surface area (Å²) < 4.78 is 5.83. The molecule has 3 aromatic rings. The summed E-state index contributed by atoms with van der Waals surface area (Å²) in [5.41, 5.74) is 2.49. The predicted molar refractivity (Wildman–Crippen MR) is 95.2 cm³/mol. The number of ether oxygens (including phenoxy) is 1.